The van der Waals surface area contributed by atoms with Crippen molar-refractivity contribution in [3.05, 3.63) is 65.0 Å². The number of carboxylic acids is 1. The zero-order valence-electron chi connectivity index (χ0n) is 24.9. The maximum Gasteiger partial charge on any atom is 0.435 e. The van der Waals surface area contributed by atoms with Crippen LogP contribution in [0.4, 0.5) is 35.1 Å². The van der Waals surface area contributed by atoms with Gasteiger partial charge >= 0.3 is 24.0 Å². The Morgan fingerprint density at radius 1 is 0.936 bits per heavy atom. The third-order valence-corrected chi connectivity index (χ3v) is 12.6. The molecular weight excluding hydrogens is 666 g/mol. The fraction of sp³-hybridized carbons (Fsp3) is 0.548. The lowest BCUT2D eigenvalue weighted by Crippen LogP contribution is -2.56. The summed E-state index contributed by atoms with van der Waals surface area (Å²) >= 11 is 0. The number of likely N-dealkylation sites (tertiary alicyclic amines) is 1. The van der Waals surface area contributed by atoms with Gasteiger partial charge in [0, 0.05) is 19.2 Å². The molecule has 258 valence electrons. The van der Waals surface area contributed by atoms with Crippen LogP contribution in [0.1, 0.15) is 55.2 Å². The van der Waals surface area contributed by atoms with E-state index in [4.69, 9.17) is 4.74 Å². The number of ether oxygens (including phenoxy) is 1. The van der Waals surface area contributed by atoms with Crippen LogP contribution in [-0.4, -0.2) is 69.0 Å². The van der Waals surface area contributed by atoms with E-state index in [0.29, 0.717) is 6.07 Å². The number of rotatable bonds is 7. The van der Waals surface area contributed by atoms with E-state index in [1.807, 2.05) is 0 Å². The molecule has 7 nitrogen and oxygen atoms in total. The summed E-state index contributed by atoms with van der Waals surface area (Å²) in [5.41, 5.74) is -9.16. The maximum absolute atomic E-state index is 15.1. The standard InChI is InChI=1S/C31H31F8NO6S/c1-46-17-27(12-10-18(11-13-27)25(41)42)26(43)40-15-14-28(47(44,45)22-6-4-21(32)5-7-22)23-8-3-20(16-19(23)2-9-24(28)40)29(33,30(34,35)36)31(37,38)39/h3-8,16,18,24H,2,9-15,17H2,1H3,(H,41,42)/t18?,24-,27?,28-/m1/s1. The molecule has 0 bridgehead atoms. The lowest BCUT2D eigenvalue weighted by Gasteiger charge is -2.46. The highest BCUT2D eigenvalue weighted by Crippen LogP contribution is 2.57. The summed E-state index contributed by atoms with van der Waals surface area (Å²) in [7, 11) is -3.30. The largest absolute Gasteiger partial charge is 0.481 e. The molecule has 0 unspecified atom stereocenters. The van der Waals surface area contributed by atoms with Gasteiger partial charge in [-0.15, -0.1) is 0 Å². The summed E-state index contributed by atoms with van der Waals surface area (Å²) in [6.07, 6.45) is -13.1. The fourth-order valence-electron chi connectivity index (χ4n) is 7.72. The summed E-state index contributed by atoms with van der Waals surface area (Å²) in [4.78, 5) is 26.9. The molecule has 1 saturated carbocycles. The third kappa shape index (κ3) is 5.29. The van der Waals surface area contributed by atoms with Crippen molar-refractivity contribution in [2.45, 2.75) is 78.7 Å². The van der Waals surface area contributed by atoms with Crippen LogP contribution in [0.5, 0.6) is 0 Å². The Morgan fingerprint density at radius 2 is 1.53 bits per heavy atom. The van der Waals surface area contributed by atoms with Gasteiger partial charge in [0.2, 0.25) is 5.91 Å². The SMILES string of the molecule is COCC1(C(=O)N2CC[C@@]3(S(=O)(=O)c4ccc(F)cc4)c4ccc(C(F)(C(F)(F)F)C(F)(F)F)cc4CC[C@@H]23)CCC(C(=O)O)CC1. The number of carbonyl (C=O) groups is 2. The number of benzene rings is 2. The number of hydrogen-bond donors (Lipinski definition) is 1. The molecule has 16 heteroatoms. The first-order chi connectivity index (χ1) is 21.8. The molecule has 1 heterocycles. The van der Waals surface area contributed by atoms with Crippen LogP contribution in [0, 0.1) is 17.2 Å². The fourth-order valence-corrected chi connectivity index (χ4v) is 10.1. The molecule has 3 aliphatic rings. The molecule has 47 heavy (non-hydrogen) atoms. The molecule has 2 aromatic carbocycles. The van der Waals surface area contributed by atoms with E-state index in [-0.39, 0.29) is 75.3 Å². The van der Waals surface area contributed by atoms with Gasteiger partial charge in [0.05, 0.1) is 28.9 Å². The van der Waals surface area contributed by atoms with Crippen molar-refractivity contribution in [3.63, 3.8) is 0 Å². The van der Waals surface area contributed by atoms with Crippen LogP contribution >= 0.6 is 0 Å². The van der Waals surface area contributed by atoms with Gasteiger partial charge in [-0.2, -0.15) is 26.3 Å². The summed E-state index contributed by atoms with van der Waals surface area (Å²) in [5, 5.41) is 9.48. The van der Waals surface area contributed by atoms with Crippen LogP contribution < -0.4 is 0 Å². The Morgan fingerprint density at radius 3 is 2.06 bits per heavy atom. The molecule has 1 amide bonds. The van der Waals surface area contributed by atoms with Crippen molar-refractivity contribution in [1.29, 1.82) is 0 Å². The Balaban J connectivity index is 1.66. The Bertz CT molecular complexity index is 1640. The summed E-state index contributed by atoms with van der Waals surface area (Å²) in [6, 6.07) is 3.94. The number of carbonyl (C=O) groups excluding carboxylic acids is 1. The normalized spacial score (nSPS) is 26.9. The number of carboxylic acid groups (broad SMARTS) is 1. The van der Waals surface area contributed by atoms with Crippen LogP contribution in [0.3, 0.4) is 0 Å². The monoisotopic (exact) mass is 697 g/mol. The number of methoxy groups -OCH3 is 1. The van der Waals surface area contributed by atoms with Crippen LogP contribution in [0.25, 0.3) is 0 Å². The van der Waals surface area contributed by atoms with Crippen molar-refractivity contribution >= 4 is 21.7 Å². The summed E-state index contributed by atoms with van der Waals surface area (Å²) in [6.45, 7) is -0.288. The lowest BCUT2D eigenvalue weighted by molar-refractivity contribution is -0.348. The van der Waals surface area contributed by atoms with Gasteiger partial charge in [-0.05, 0) is 80.3 Å². The highest BCUT2D eigenvalue weighted by atomic mass is 32.2. The van der Waals surface area contributed by atoms with E-state index < -0.39 is 78.1 Å². The zero-order chi connectivity index (χ0) is 34.8. The first-order valence-corrected chi connectivity index (χ1v) is 16.2. The molecule has 0 aromatic heterocycles. The van der Waals surface area contributed by atoms with Crippen molar-refractivity contribution < 1.29 is 63.0 Å². The van der Waals surface area contributed by atoms with Gasteiger partial charge in [-0.25, -0.2) is 17.2 Å². The van der Waals surface area contributed by atoms with Gasteiger partial charge in [-0.3, -0.25) is 9.59 Å². The predicted octanol–water partition coefficient (Wildman–Crippen LogP) is 6.24. The number of sulfone groups is 1. The Labute approximate surface area is 264 Å². The summed E-state index contributed by atoms with van der Waals surface area (Å²) in [5.74, 6) is -3.00. The highest BCUT2D eigenvalue weighted by Gasteiger charge is 2.74. The summed E-state index contributed by atoms with van der Waals surface area (Å²) < 4.78 is 143. The van der Waals surface area contributed by atoms with Gasteiger partial charge in [0.1, 0.15) is 10.6 Å². The molecule has 0 radical (unpaired) electrons. The smallest absolute Gasteiger partial charge is 0.435 e. The van der Waals surface area contributed by atoms with E-state index in [0.717, 1.165) is 30.3 Å². The van der Waals surface area contributed by atoms with Gasteiger partial charge in [0.15, 0.2) is 9.84 Å². The molecule has 5 rings (SSSR count). The van der Waals surface area contributed by atoms with E-state index >= 15 is 4.39 Å². The van der Waals surface area contributed by atoms with Crippen molar-refractivity contribution in [3.8, 4) is 0 Å². The van der Waals surface area contributed by atoms with Gasteiger partial charge in [-0.1, -0.05) is 18.2 Å². The van der Waals surface area contributed by atoms with Gasteiger partial charge < -0.3 is 14.7 Å². The Kier molecular flexibility index (Phi) is 8.73. The first kappa shape index (κ1) is 35.0. The van der Waals surface area contributed by atoms with E-state index in [1.165, 1.54) is 12.0 Å². The number of aliphatic carboxylic acids is 1. The highest BCUT2D eigenvalue weighted by molar-refractivity contribution is 7.92. The molecule has 1 saturated heterocycles. The van der Waals surface area contributed by atoms with Crippen LogP contribution in [-0.2, 0) is 41.0 Å². The zero-order valence-corrected chi connectivity index (χ0v) is 25.7. The number of hydrogen-bond acceptors (Lipinski definition) is 5. The molecular formula is C31H31F8NO6S. The molecule has 1 N–H and O–H groups in total. The first-order valence-electron chi connectivity index (χ1n) is 14.8. The second-order valence-corrected chi connectivity index (χ2v) is 14.7. The lowest BCUT2D eigenvalue weighted by atomic mass is 9.69. The second kappa shape index (κ2) is 11.7. The molecule has 2 aliphatic carbocycles. The second-order valence-electron chi connectivity index (χ2n) is 12.5. The van der Waals surface area contributed by atoms with Crippen molar-refractivity contribution in [1.82, 2.24) is 4.90 Å². The molecule has 0 spiro atoms. The number of aryl methyl sites for hydroxylation is 1. The molecule has 2 aromatic rings. The van der Waals surface area contributed by atoms with Crippen LogP contribution in [0.15, 0.2) is 47.4 Å². The van der Waals surface area contributed by atoms with Crippen molar-refractivity contribution in [2.24, 2.45) is 11.3 Å². The van der Waals surface area contributed by atoms with Crippen molar-refractivity contribution in [2.75, 3.05) is 20.3 Å². The van der Waals surface area contributed by atoms with Crippen LogP contribution in [0.2, 0.25) is 0 Å². The molecule has 2 atom stereocenters. The number of fused-ring (bicyclic) bond motifs is 3. The van der Waals surface area contributed by atoms with E-state index in [9.17, 15) is 53.8 Å². The minimum Gasteiger partial charge on any atom is -0.481 e. The number of amides is 1. The van der Waals surface area contributed by atoms with E-state index in [1.54, 1.807) is 0 Å². The number of halogens is 8. The molecule has 2 fully saturated rings. The Hall–Kier alpha value is -3.27. The quantitative estimate of drug-likeness (QED) is 0.272. The van der Waals surface area contributed by atoms with Gasteiger partial charge in [0.25, 0.3) is 0 Å². The average Bonchev–Trinajstić information content (AvgIpc) is 3.41. The maximum atomic E-state index is 15.1. The minimum absolute atomic E-state index is 0.105. The predicted molar refractivity (Wildman–Crippen MR) is 149 cm³/mol. The average molecular weight is 698 g/mol. The number of nitrogens with zero attached hydrogens (tertiary/aromatic N) is 1. The minimum atomic E-state index is -6.39. The molecule has 1 aliphatic heterocycles. The topological polar surface area (TPSA) is 101 Å². The number of alkyl halides is 7. The third-order valence-electron chi connectivity index (χ3n) is 10.1. The van der Waals surface area contributed by atoms with E-state index in [2.05, 4.69) is 0 Å².